The number of carbonyl (C=O) groups is 1. The van der Waals surface area contributed by atoms with Crippen molar-refractivity contribution in [1.29, 1.82) is 0 Å². The van der Waals surface area contributed by atoms with Gasteiger partial charge in [-0.05, 0) is 44.4 Å². The number of ether oxygens (including phenoxy) is 3. The summed E-state index contributed by atoms with van der Waals surface area (Å²) < 4.78 is 18.3. The van der Waals surface area contributed by atoms with E-state index in [9.17, 15) is 4.79 Å². The molecule has 3 aliphatic rings. The molecule has 0 aromatic rings. The second-order valence-electron chi connectivity index (χ2n) is 8.07. The zero-order valence-electron chi connectivity index (χ0n) is 14.4. The maximum Gasteiger partial charge on any atom is 0.311 e. The lowest BCUT2D eigenvalue weighted by Gasteiger charge is -2.53. The molecule has 126 valence electrons. The highest BCUT2D eigenvalue weighted by Gasteiger charge is 2.57. The quantitative estimate of drug-likeness (QED) is 0.730. The molecular weight excluding hydrogens is 280 g/mol. The Morgan fingerprint density at radius 3 is 2.64 bits per heavy atom. The first kappa shape index (κ1) is 16.3. The van der Waals surface area contributed by atoms with Crippen molar-refractivity contribution in [1.82, 2.24) is 0 Å². The van der Waals surface area contributed by atoms with Crippen LogP contribution < -0.4 is 0 Å². The van der Waals surface area contributed by atoms with Crippen LogP contribution in [0, 0.1) is 17.8 Å². The Balaban J connectivity index is 1.85. The molecular formula is C18H30O4. The molecule has 1 saturated carbocycles. The largest absolute Gasteiger partial charge is 0.433 e. The standard InChI is InChI=1S/C18H30O4/c1-12(2)14-8-7-13(3)18(10-14)21-16(19)11-17(4,22-18)15-6-5-9-20-15/h12-15H,5-11H2,1-4H3/t13-,14-,15+,17-,18+/m1/s1. The van der Waals surface area contributed by atoms with Gasteiger partial charge in [0.05, 0.1) is 12.5 Å². The van der Waals surface area contributed by atoms with Crippen molar-refractivity contribution in [2.24, 2.45) is 17.8 Å². The first-order valence-corrected chi connectivity index (χ1v) is 8.88. The van der Waals surface area contributed by atoms with Crippen LogP contribution >= 0.6 is 0 Å². The summed E-state index contributed by atoms with van der Waals surface area (Å²) in [5, 5.41) is 0. The molecule has 1 aliphatic carbocycles. The average molecular weight is 310 g/mol. The second kappa shape index (κ2) is 5.79. The fourth-order valence-electron chi connectivity index (χ4n) is 4.41. The molecule has 0 aromatic carbocycles. The first-order chi connectivity index (χ1) is 10.3. The van der Waals surface area contributed by atoms with Gasteiger partial charge in [-0.25, -0.2) is 0 Å². The van der Waals surface area contributed by atoms with Gasteiger partial charge in [-0.1, -0.05) is 20.8 Å². The maximum absolute atomic E-state index is 12.4. The predicted octanol–water partition coefficient (Wildman–Crippen LogP) is 3.68. The Hall–Kier alpha value is -0.610. The van der Waals surface area contributed by atoms with E-state index in [0.717, 1.165) is 32.3 Å². The monoisotopic (exact) mass is 310 g/mol. The fraction of sp³-hybridized carbons (Fsp3) is 0.944. The highest BCUT2D eigenvalue weighted by atomic mass is 16.7. The molecule has 3 rings (SSSR count). The van der Waals surface area contributed by atoms with Crippen molar-refractivity contribution in [3.63, 3.8) is 0 Å². The minimum Gasteiger partial charge on any atom is -0.433 e. The van der Waals surface area contributed by atoms with E-state index in [1.165, 1.54) is 6.42 Å². The third-order valence-electron chi connectivity index (χ3n) is 6.01. The highest BCUT2D eigenvalue weighted by Crippen LogP contribution is 2.49. The van der Waals surface area contributed by atoms with Crippen LogP contribution in [-0.2, 0) is 19.0 Å². The molecule has 0 unspecified atom stereocenters. The summed E-state index contributed by atoms with van der Waals surface area (Å²) in [4.78, 5) is 12.4. The molecule has 2 aliphatic heterocycles. The predicted molar refractivity (Wildman–Crippen MR) is 83.2 cm³/mol. The van der Waals surface area contributed by atoms with Gasteiger partial charge in [-0.15, -0.1) is 0 Å². The minimum atomic E-state index is -0.747. The highest BCUT2D eigenvalue weighted by molar-refractivity contribution is 5.72. The topological polar surface area (TPSA) is 44.8 Å². The van der Waals surface area contributed by atoms with Crippen molar-refractivity contribution in [2.75, 3.05) is 6.61 Å². The van der Waals surface area contributed by atoms with Crippen LogP contribution in [0.2, 0.25) is 0 Å². The second-order valence-corrected chi connectivity index (χ2v) is 8.07. The van der Waals surface area contributed by atoms with Crippen LogP contribution in [0.25, 0.3) is 0 Å². The van der Waals surface area contributed by atoms with Crippen molar-refractivity contribution < 1.29 is 19.0 Å². The fourth-order valence-corrected chi connectivity index (χ4v) is 4.41. The lowest BCUT2D eigenvalue weighted by atomic mass is 9.72. The number of hydrogen-bond acceptors (Lipinski definition) is 4. The first-order valence-electron chi connectivity index (χ1n) is 8.88. The summed E-state index contributed by atoms with van der Waals surface area (Å²) in [7, 11) is 0. The van der Waals surface area contributed by atoms with Crippen LogP contribution in [0.15, 0.2) is 0 Å². The van der Waals surface area contributed by atoms with Crippen molar-refractivity contribution in [3.8, 4) is 0 Å². The lowest BCUT2D eigenvalue weighted by molar-refractivity contribution is -0.348. The molecule has 4 heteroatoms. The third kappa shape index (κ3) is 2.80. The maximum atomic E-state index is 12.4. The molecule has 0 aromatic heterocycles. The molecule has 1 spiro atoms. The van der Waals surface area contributed by atoms with E-state index in [1.807, 2.05) is 6.92 Å². The van der Waals surface area contributed by atoms with Crippen LogP contribution in [0.5, 0.6) is 0 Å². The smallest absolute Gasteiger partial charge is 0.311 e. The van der Waals surface area contributed by atoms with Gasteiger partial charge in [0.1, 0.15) is 5.60 Å². The Morgan fingerprint density at radius 2 is 2.00 bits per heavy atom. The van der Waals surface area contributed by atoms with E-state index in [0.29, 0.717) is 18.3 Å². The summed E-state index contributed by atoms with van der Waals surface area (Å²) in [5.74, 6) is 0.509. The zero-order valence-corrected chi connectivity index (χ0v) is 14.4. The summed E-state index contributed by atoms with van der Waals surface area (Å²) in [6.45, 7) is 9.47. The Bertz CT molecular complexity index is 429. The molecule has 2 saturated heterocycles. The SMILES string of the molecule is CC(C)[C@@H]1CC[C@@H](C)[C@@]2(C1)OC(=O)C[C@](C)([C@@H]1CCCO1)O2. The molecule has 4 nitrogen and oxygen atoms in total. The van der Waals surface area contributed by atoms with Gasteiger partial charge >= 0.3 is 5.97 Å². The summed E-state index contributed by atoms with van der Waals surface area (Å²) >= 11 is 0. The number of rotatable bonds is 2. The molecule has 0 bridgehead atoms. The molecule has 0 amide bonds. The van der Waals surface area contributed by atoms with E-state index >= 15 is 0 Å². The van der Waals surface area contributed by atoms with Crippen molar-refractivity contribution >= 4 is 5.97 Å². The van der Waals surface area contributed by atoms with Gasteiger partial charge < -0.3 is 14.2 Å². The number of esters is 1. The van der Waals surface area contributed by atoms with Crippen LogP contribution in [0.1, 0.15) is 66.2 Å². The van der Waals surface area contributed by atoms with Crippen LogP contribution in [-0.4, -0.2) is 30.1 Å². The molecule has 3 fully saturated rings. The molecule has 0 radical (unpaired) electrons. The minimum absolute atomic E-state index is 0.0175. The molecule has 22 heavy (non-hydrogen) atoms. The number of hydrogen-bond donors (Lipinski definition) is 0. The van der Waals surface area contributed by atoms with Gasteiger partial charge in [0.2, 0.25) is 5.79 Å². The number of carbonyl (C=O) groups excluding carboxylic acids is 1. The Labute approximate surface area is 133 Å². The van der Waals surface area contributed by atoms with E-state index in [-0.39, 0.29) is 18.0 Å². The van der Waals surface area contributed by atoms with E-state index in [4.69, 9.17) is 14.2 Å². The van der Waals surface area contributed by atoms with Crippen molar-refractivity contribution in [2.45, 2.75) is 83.7 Å². The average Bonchev–Trinajstić information content (AvgIpc) is 2.95. The molecule has 2 heterocycles. The summed E-state index contributed by atoms with van der Waals surface area (Å²) in [6.07, 6.45) is 5.41. The Morgan fingerprint density at radius 1 is 1.23 bits per heavy atom. The van der Waals surface area contributed by atoms with Gasteiger partial charge in [0.15, 0.2) is 0 Å². The van der Waals surface area contributed by atoms with E-state index < -0.39 is 11.4 Å². The normalized spacial score (nSPS) is 46.2. The van der Waals surface area contributed by atoms with E-state index in [2.05, 4.69) is 20.8 Å². The Kier molecular flexibility index (Phi) is 4.28. The van der Waals surface area contributed by atoms with Crippen LogP contribution in [0.3, 0.4) is 0 Å². The van der Waals surface area contributed by atoms with Gasteiger partial charge in [-0.2, -0.15) is 0 Å². The van der Waals surface area contributed by atoms with E-state index in [1.54, 1.807) is 0 Å². The van der Waals surface area contributed by atoms with Crippen molar-refractivity contribution in [3.05, 3.63) is 0 Å². The van der Waals surface area contributed by atoms with Gasteiger partial charge in [0, 0.05) is 18.9 Å². The van der Waals surface area contributed by atoms with Gasteiger partial charge in [-0.3, -0.25) is 4.79 Å². The third-order valence-corrected chi connectivity index (χ3v) is 6.01. The molecule has 0 N–H and O–H groups in total. The lowest BCUT2D eigenvalue weighted by Crippen LogP contribution is -2.61. The summed E-state index contributed by atoms with van der Waals surface area (Å²) in [5.41, 5.74) is -0.543. The van der Waals surface area contributed by atoms with Crippen LogP contribution in [0.4, 0.5) is 0 Å². The zero-order chi connectivity index (χ0) is 16.0. The molecule has 5 atom stereocenters. The van der Waals surface area contributed by atoms with Gasteiger partial charge in [0.25, 0.3) is 0 Å². The summed E-state index contributed by atoms with van der Waals surface area (Å²) in [6, 6.07) is 0.